The molecule has 4 aliphatic rings. The van der Waals surface area contributed by atoms with Gasteiger partial charge < -0.3 is 4.55 Å². The highest BCUT2D eigenvalue weighted by Gasteiger charge is 2.60. The van der Waals surface area contributed by atoms with E-state index in [0.717, 1.165) is 51.4 Å². The lowest BCUT2D eigenvalue weighted by Crippen LogP contribution is -2.54. The maximum Gasteiger partial charge on any atom is 0.217 e. The molecule has 0 saturated heterocycles. The molecule has 0 unspecified atom stereocenters. The lowest BCUT2D eigenvalue weighted by Gasteiger charge is -2.60. The molecular weight excluding hydrogens is 340 g/mol. The van der Waals surface area contributed by atoms with E-state index >= 15 is 0 Å². The third-order valence-electron chi connectivity index (χ3n) is 8.63. The summed E-state index contributed by atoms with van der Waals surface area (Å²) in [5.41, 5.74) is 0.0496. The molecule has 0 heterocycles. The van der Waals surface area contributed by atoms with E-state index < -0.39 is 16.5 Å². The summed E-state index contributed by atoms with van der Waals surface area (Å²) in [7, 11) is -4.65. The second kappa shape index (κ2) is 5.77. The Morgan fingerprint density at radius 2 is 1.72 bits per heavy atom. The van der Waals surface area contributed by atoms with E-state index in [4.69, 9.17) is 4.18 Å². The van der Waals surface area contributed by atoms with Crippen molar-refractivity contribution in [3.8, 4) is 0 Å². The van der Waals surface area contributed by atoms with E-state index in [1.807, 2.05) is 0 Å². The Hall–Kier alpha value is -0.460. The van der Waals surface area contributed by atoms with Crippen molar-refractivity contribution in [2.45, 2.75) is 77.7 Å². The Balaban J connectivity index is 1.59. The molecule has 7 atom stereocenters. The van der Waals surface area contributed by atoms with Gasteiger partial charge in [0.1, 0.15) is 5.78 Å². The minimum absolute atomic E-state index is 0.202. The first kappa shape index (κ1) is 17.9. The van der Waals surface area contributed by atoms with Crippen LogP contribution in [0.25, 0.3) is 0 Å². The van der Waals surface area contributed by atoms with Crippen molar-refractivity contribution in [3.05, 3.63) is 0 Å². The number of rotatable bonds is 2. The van der Waals surface area contributed by atoms with Crippen molar-refractivity contribution in [1.29, 1.82) is 0 Å². The highest BCUT2D eigenvalue weighted by atomic mass is 32.3. The summed E-state index contributed by atoms with van der Waals surface area (Å²) in [5.74, 6) is 2.59. The van der Waals surface area contributed by atoms with Gasteiger partial charge in [-0.15, -0.1) is 0 Å². The topological polar surface area (TPSA) is 83.5 Å². The normalized spacial score (nSPS) is 50.0. The van der Waals surface area contributed by atoms with Gasteiger partial charge in [-0.1, -0.05) is 13.8 Å². The predicted molar refractivity (Wildman–Crippen MR) is 91.3 cm³/mol. The molecule has 142 valence electrons. The number of ketones is 1. The fourth-order valence-corrected chi connectivity index (χ4v) is 7.90. The molecule has 5 nitrogen and oxygen atoms in total. The van der Waals surface area contributed by atoms with Crippen LogP contribution in [0.1, 0.15) is 71.6 Å². The molecule has 0 aromatic heterocycles. The summed E-state index contributed by atoms with van der Waals surface area (Å²) in [4.78, 5) is 11.9. The van der Waals surface area contributed by atoms with Crippen LogP contribution in [0.4, 0.5) is 0 Å². The van der Waals surface area contributed by atoms with Crippen LogP contribution in [-0.2, 0) is 19.4 Å². The average molecular weight is 370 g/mol. The van der Waals surface area contributed by atoms with E-state index in [1.54, 1.807) is 0 Å². The van der Waals surface area contributed by atoms with Gasteiger partial charge in [0.05, 0.1) is 6.10 Å². The van der Waals surface area contributed by atoms with E-state index in [0.29, 0.717) is 35.9 Å². The molecular formula is C19H29O5S-. The van der Waals surface area contributed by atoms with Gasteiger partial charge in [0, 0.05) is 12.8 Å². The van der Waals surface area contributed by atoms with Gasteiger partial charge in [-0.3, -0.25) is 8.98 Å². The zero-order chi connectivity index (χ0) is 18.0. The van der Waals surface area contributed by atoms with Crippen molar-refractivity contribution in [2.75, 3.05) is 0 Å². The third kappa shape index (κ3) is 2.79. The van der Waals surface area contributed by atoms with Crippen LogP contribution in [0.5, 0.6) is 0 Å². The van der Waals surface area contributed by atoms with Crippen LogP contribution < -0.4 is 0 Å². The van der Waals surface area contributed by atoms with Crippen LogP contribution in [0.3, 0.4) is 0 Å². The smallest absolute Gasteiger partial charge is 0.217 e. The van der Waals surface area contributed by atoms with Crippen molar-refractivity contribution < 1.29 is 21.9 Å². The Labute approximate surface area is 150 Å². The van der Waals surface area contributed by atoms with Crippen LogP contribution in [0.15, 0.2) is 0 Å². The number of carbonyl (C=O) groups is 1. The molecule has 4 fully saturated rings. The fraction of sp³-hybridized carbons (Fsp3) is 0.947. The Morgan fingerprint density at radius 3 is 2.44 bits per heavy atom. The van der Waals surface area contributed by atoms with E-state index in [-0.39, 0.29) is 10.8 Å². The summed E-state index contributed by atoms with van der Waals surface area (Å²) in [6.07, 6.45) is 7.89. The van der Waals surface area contributed by atoms with Crippen LogP contribution in [-0.4, -0.2) is 24.9 Å². The van der Waals surface area contributed by atoms with E-state index in [2.05, 4.69) is 13.8 Å². The number of Topliss-reactive ketones (excluding diaryl/α,β-unsaturated/α-hetero) is 1. The lowest BCUT2D eigenvalue weighted by molar-refractivity contribution is -0.141. The summed E-state index contributed by atoms with van der Waals surface area (Å²) in [6, 6.07) is 0. The Kier molecular flexibility index (Phi) is 4.14. The van der Waals surface area contributed by atoms with Crippen LogP contribution >= 0.6 is 0 Å². The van der Waals surface area contributed by atoms with Gasteiger partial charge >= 0.3 is 0 Å². The average Bonchev–Trinajstić information content (AvgIpc) is 2.83. The van der Waals surface area contributed by atoms with Crippen molar-refractivity contribution in [3.63, 3.8) is 0 Å². The first-order chi connectivity index (χ1) is 11.6. The number of fused-ring (bicyclic) bond motifs is 5. The van der Waals surface area contributed by atoms with Gasteiger partial charge in [-0.05, 0) is 79.4 Å². The molecule has 0 amide bonds. The zero-order valence-electron chi connectivity index (χ0n) is 15.2. The van der Waals surface area contributed by atoms with Crippen molar-refractivity contribution in [1.82, 2.24) is 0 Å². The molecule has 25 heavy (non-hydrogen) atoms. The summed E-state index contributed by atoms with van der Waals surface area (Å²) >= 11 is 0. The molecule has 0 spiro atoms. The fourth-order valence-electron chi connectivity index (χ4n) is 7.30. The summed E-state index contributed by atoms with van der Waals surface area (Å²) < 4.78 is 38.4. The molecule has 0 aliphatic heterocycles. The minimum atomic E-state index is -4.65. The maximum absolute atomic E-state index is 11.9. The second-order valence-corrected chi connectivity index (χ2v) is 10.5. The maximum atomic E-state index is 11.9. The third-order valence-corrected chi connectivity index (χ3v) is 9.10. The SMILES string of the molecule is C[C@]12CCC(=O)C[C@@H]1CC[C@@H]1[C@@H]2CC[C@]2(C)[C@@H](OS(=O)(=O)[O-])CC[C@@H]12. The Bertz CT molecular complexity index is 673. The molecule has 0 aromatic rings. The van der Waals surface area contributed by atoms with Gasteiger partial charge in [0.25, 0.3) is 0 Å². The Morgan fingerprint density at radius 1 is 1.00 bits per heavy atom. The lowest BCUT2D eigenvalue weighted by atomic mass is 9.45. The van der Waals surface area contributed by atoms with Gasteiger partial charge in [0.2, 0.25) is 10.4 Å². The molecule has 4 saturated carbocycles. The monoisotopic (exact) mass is 369 g/mol. The van der Waals surface area contributed by atoms with E-state index in [9.17, 15) is 17.8 Å². The first-order valence-electron chi connectivity index (χ1n) is 9.79. The molecule has 6 heteroatoms. The summed E-state index contributed by atoms with van der Waals surface area (Å²) in [6.45, 7) is 4.53. The number of hydrogen-bond acceptors (Lipinski definition) is 5. The standard InChI is InChI=1S/C19H30O5S/c1-18-9-7-13(20)11-12(18)3-4-14-15-5-6-17(24-25(21,22)23)19(15,2)10-8-16(14)18/h12,14-17H,3-11H2,1-2H3,(H,21,22,23)/p-1/t12-,14-,15-,16-,17-,18-,19-/m0/s1. The highest BCUT2D eigenvalue weighted by molar-refractivity contribution is 7.80. The van der Waals surface area contributed by atoms with E-state index in [1.165, 1.54) is 0 Å². The molecule has 4 rings (SSSR count). The van der Waals surface area contributed by atoms with Crippen LogP contribution in [0.2, 0.25) is 0 Å². The van der Waals surface area contributed by atoms with Gasteiger partial charge in [-0.25, -0.2) is 8.42 Å². The summed E-state index contributed by atoms with van der Waals surface area (Å²) in [5, 5.41) is 0. The largest absolute Gasteiger partial charge is 0.726 e. The number of hydrogen-bond donors (Lipinski definition) is 0. The zero-order valence-corrected chi connectivity index (χ0v) is 16.0. The first-order valence-corrected chi connectivity index (χ1v) is 11.1. The minimum Gasteiger partial charge on any atom is -0.726 e. The van der Waals surface area contributed by atoms with Crippen molar-refractivity contribution >= 4 is 16.2 Å². The van der Waals surface area contributed by atoms with Gasteiger partial charge in [-0.2, -0.15) is 0 Å². The van der Waals surface area contributed by atoms with Gasteiger partial charge in [0.15, 0.2) is 0 Å². The van der Waals surface area contributed by atoms with Crippen molar-refractivity contribution in [2.24, 2.45) is 34.5 Å². The van der Waals surface area contributed by atoms with Crippen LogP contribution in [0, 0.1) is 34.5 Å². The second-order valence-electron chi connectivity index (χ2n) is 9.51. The predicted octanol–water partition coefficient (Wildman–Crippen LogP) is 3.44. The molecule has 0 bridgehead atoms. The molecule has 4 aliphatic carbocycles. The quantitative estimate of drug-likeness (QED) is 0.550. The molecule has 0 aromatic carbocycles. The molecule has 0 radical (unpaired) electrons. The molecule has 0 N–H and O–H groups in total. The highest BCUT2D eigenvalue weighted by Crippen LogP contribution is 2.66. The number of carbonyl (C=O) groups excluding carboxylic acids is 1.